The van der Waals surface area contributed by atoms with Crippen LogP contribution in [0.4, 0.5) is 5.69 Å². The van der Waals surface area contributed by atoms with Gasteiger partial charge in [0.15, 0.2) is 6.10 Å². The standard InChI is InChI=1S/C18H18N2O4S/c19-18(21)17-11-20(15-6-1-2-7-16(15)24-17)25(22,23)14-9-8-12-4-3-5-13(12)10-14/h1-2,6-10,17H,3-5,11H2,(H2,19,21)/t17-/m0/s1. The Hall–Kier alpha value is -2.54. The minimum Gasteiger partial charge on any atom is -0.476 e. The molecule has 1 aliphatic heterocycles. The number of anilines is 1. The highest BCUT2D eigenvalue weighted by atomic mass is 32.2. The number of carbonyl (C=O) groups excluding carboxylic acids is 1. The summed E-state index contributed by atoms with van der Waals surface area (Å²) in [5.74, 6) is -0.356. The number of primary amides is 1. The Bertz CT molecular complexity index is 955. The van der Waals surface area contributed by atoms with Crippen LogP contribution in [0.1, 0.15) is 17.5 Å². The lowest BCUT2D eigenvalue weighted by atomic mass is 10.1. The zero-order valence-electron chi connectivity index (χ0n) is 13.5. The summed E-state index contributed by atoms with van der Waals surface area (Å²) in [6.45, 7) is -0.133. The summed E-state index contributed by atoms with van der Waals surface area (Å²) in [5, 5.41) is 0. The van der Waals surface area contributed by atoms with E-state index in [9.17, 15) is 13.2 Å². The van der Waals surface area contributed by atoms with Gasteiger partial charge < -0.3 is 10.5 Å². The fourth-order valence-electron chi connectivity index (χ4n) is 3.41. The number of fused-ring (bicyclic) bond motifs is 2. The van der Waals surface area contributed by atoms with Crippen molar-refractivity contribution in [1.82, 2.24) is 0 Å². The SMILES string of the molecule is NC(=O)[C@@H]1CN(S(=O)(=O)c2ccc3c(c2)CCC3)c2ccccc2O1. The number of nitrogens with zero attached hydrogens (tertiary/aromatic N) is 1. The van der Waals surface area contributed by atoms with Crippen LogP contribution in [0, 0.1) is 0 Å². The normalized spacial score (nSPS) is 19.0. The van der Waals surface area contributed by atoms with Crippen LogP contribution in [-0.2, 0) is 27.7 Å². The van der Waals surface area contributed by atoms with Gasteiger partial charge >= 0.3 is 0 Å². The van der Waals surface area contributed by atoms with Gasteiger partial charge in [0.05, 0.1) is 17.1 Å². The first-order valence-electron chi connectivity index (χ1n) is 8.16. The number of sulfonamides is 1. The molecule has 1 amide bonds. The second-order valence-electron chi connectivity index (χ2n) is 6.30. The minimum atomic E-state index is -3.82. The average Bonchev–Trinajstić information content (AvgIpc) is 3.08. The largest absolute Gasteiger partial charge is 0.476 e. The van der Waals surface area contributed by atoms with Crippen molar-refractivity contribution < 1.29 is 17.9 Å². The summed E-state index contributed by atoms with van der Waals surface area (Å²) < 4.78 is 33.2. The molecule has 0 spiro atoms. The van der Waals surface area contributed by atoms with Crippen LogP contribution in [0.2, 0.25) is 0 Å². The summed E-state index contributed by atoms with van der Waals surface area (Å²) in [6, 6.07) is 12.0. The van der Waals surface area contributed by atoms with Gasteiger partial charge in [-0.05, 0) is 54.7 Å². The summed E-state index contributed by atoms with van der Waals surface area (Å²) in [7, 11) is -3.82. The van der Waals surface area contributed by atoms with Crippen molar-refractivity contribution in [3.8, 4) is 5.75 Å². The Kier molecular flexibility index (Phi) is 3.68. The molecule has 7 heteroatoms. The molecule has 2 aromatic rings. The third-order valence-corrected chi connectivity index (χ3v) is 6.49. The monoisotopic (exact) mass is 358 g/mol. The van der Waals surface area contributed by atoms with E-state index in [0.29, 0.717) is 11.4 Å². The molecule has 1 heterocycles. The zero-order valence-corrected chi connectivity index (χ0v) is 14.3. The first-order valence-corrected chi connectivity index (χ1v) is 9.60. The molecule has 0 radical (unpaired) electrons. The molecule has 2 N–H and O–H groups in total. The molecule has 130 valence electrons. The Morgan fingerprint density at radius 2 is 1.88 bits per heavy atom. The number of hydrogen-bond donors (Lipinski definition) is 1. The maximum atomic E-state index is 13.2. The van der Waals surface area contributed by atoms with E-state index >= 15 is 0 Å². The van der Waals surface area contributed by atoms with Crippen molar-refractivity contribution in [2.75, 3.05) is 10.8 Å². The molecule has 4 rings (SSSR count). The smallest absolute Gasteiger partial charge is 0.264 e. The van der Waals surface area contributed by atoms with E-state index in [0.717, 1.165) is 24.8 Å². The predicted molar refractivity (Wildman–Crippen MR) is 93.1 cm³/mol. The van der Waals surface area contributed by atoms with Crippen LogP contribution in [0.3, 0.4) is 0 Å². The number of nitrogens with two attached hydrogens (primary N) is 1. The maximum Gasteiger partial charge on any atom is 0.264 e. The maximum absolute atomic E-state index is 13.2. The van der Waals surface area contributed by atoms with Crippen molar-refractivity contribution >= 4 is 21.6 Å². The molecular weight excluding hydrogens is 340 g/mol. The topological polar surface area (TPSA) is 89.7 Å². The van der Waals surface area contributed by atoms with Crippen molar-refractivity contribution in [2.24, 2.45) is 5.73 Å². The van der Waals surface area contributed by atoms with E-state index in [4.69, 9.17) is 10.5 Å². The lowest BCUT2D eigenvalue weighted by molar-refractivity contribution is -0.124. The summed E-state index contributed by atoms with van der Waals surface area (Å²) in [5.41, 5.74) is 8.06. The van der Waals surface area contributed by atoms with Crippen LogP contribution in [0.25, 0.3) is 0 Å². The molecule has 6 nitrogen and oxygen atoms in total. The van der Waals surface area contributed by atoms with E-state index in [1.54, 1.807) is 36.4 Å². The van der Waals surface area contributed by atoms with Crippen LogP contribution in [0.5, 0.6) is 5.75 Å². The van der Waals surface area contributed by atoms with Crippen molar-refractivity contribution in [3.05, 3.63) is 53.6 Å². The Labute approximate surface area is 146 Å². The number of amides is 1. The molecule has 0 saturated heterocycles. The summed E-state index contributed by atoms with van der Waals surface area (Å²) >= 11 is 0. The van der Waals surface area contributed by atoms with Crippen molar-refractivity contribution in [2.45, 2.75) is 30.3 Å². The van der Waals surface area contributed by atoms with E-state index in [1.807, 2.05) is 6.07 Å². The molecule has 0 saturated carbocycles. The van der Waals surface area contributed by atoms with Gasteiger partial charge in [0.2, 0.25) is 0 Å². The van der Waals surface area contributed by atoms with Gasteiger partial charge in [0, 0.05) is 0 Å². The predicted octanol–water partition coefficient (Wildman–Crippen LogP) is 1.62. The van der Waals surface area contributed by atoms with Gasteiger partial charge in [-0.2, -0.15) is 0 Å². The van der Waals surface area contributed by atoms with E-state index in [-0.39, 0.29) is 11.4 Å². The number of carbonyl (C=O) groups is 1. The number of ether oxygens (including phenoxy) is 1. The second kappa shape index (κ2) is 5.77. The van der Waals surface area contributed by atoms with Crippen LogP contribution in [0.15, 0.2) is 47.4 Å². The third kappa shape index (κ3) is 2.64. The second-order valence-corrected chi connectivity index (χ2v) is 8.16. The zero-order chi connectivity index (χ0) is 17.6. The molecular formula is C18H18N2O4S. The molecule has 25 heavy (non-hydrogen) atoms. The van der Waals surface area contributed by atoms with Gasteiger partial charge in [0.25, 0.3) is 15.9 Å². The molecule has 2 aromatic carbocycles. The Morgan fingerprint density at radius 3 is 2.68 bits per heavy atom. The highest BCUT2D eigenvalue weighted by Gasteiger charge is 2.36. The molecule has 0 unspecified atom stereocenters. The lowest BCUT2D eigenvalue weighted by Crippen LogP contribution is -2.49. The average molecular weight is 358 g/mol. The first kappa shape index (κ1) is 16.0. The Morgan fingerprint density at radius 1 is 1.12 bits per heavy atom. The highest BCUT2D eigenvalue weighted by Crippen LogP contribution is 2.37. The van der Waals surface area contributed by atoms with E-state index in [1.165, 1.54) is 9.87 Å². The molecule has 1 aliphatic carbocycles. The van der Waals surface area contributed by atoms with E-state index in [2.05, 4.69) is 0 Å². The molecule has 1 atom stereocenters. The Balaban J connectivity index is 1.80. The van der Waals surface area contributed by atoms with Crippen LogP contribution < -0.4 is 14.8 Å². The number of benzene rings is 2. The number of aryl methyl sites for hydroxylation is 2. The molecule has 0 fully saturated rings. The third-order valence-electron chi connectivity index (χ3n) is 4.71. The number of para-hydroxylation sites is 2. The van der Waals surface area contributed by atoms with Gasteiger partial charge in [-0.25, -0.2) is 8.42 Å². The summed E-state index contributed by atoms with van der Waals surface area (Å²) in [4.78, 5) is 11.8. The molecule has 0 bridgehead atoms. The number of hydrogen-bond acceptors (Lipinski definition) is 4. The molecule has 2 aliphatic rings. The first-order chi connectivity index (χ1) is 12.0. The van der Waals surface area contributed by atoms with Gasteiger partial charge in [-0.3, -0.25) is 9.10 Å². The van der Waals surface area contributed by atoms with Crippen molar-refractivity contribution in [3.63, 3.8) is 0 Å². The minimum absolute atomic E-state index is 0.133. The quantitative estimate of drug-likeness (QED) is 0.903. The van der Waals surface area contributed by atoms with Crippen LogP contribution in [-0.4, -0.2) is 27.0 Å². The fraction of sp³-hybridized carbons (Fsp3) is 0.278. The van der Waals surface area contributed by atoms with Gasteiger partial charge in [-0.15, -0.1) is 0 Å². The van der Waals surface area contributed by atoms with Crippen LogP contribution >= 0.6 is 0 Å². The van der Waals surface area contributed by atoms with Crippen molar-refractivity contribution in [1.29, 1.82) is 0 Å². The lowest BCUT2D eigenvalue weighted by Gasteiger charge is -2.34. The number of rotatable bonds is 3. The fourth-order valence-corrected chi connectivity index (χ4v) is 4.94. The van der Waals surface area contributed by atoms with E-state index < -0.39 is 22.0 Å². The highest BCUT2D eigenvalue weighted by molar-refractivity contribution is 7.92. The summed E-state index contributed by atoms with van der Waals surface area (Å²) in [6.07, 6.45) is 1.91. The van der Waals surface area contributed by atoms with Gasteiger partial charge in [-0.1, -0.05) is 18.2 Å². The van der Waals surface area contributed by atoms with Gasteiger partial charge in [0.1, 0.15) is 5.75 Å². The molecule has 0 aromatic heterocycles.